The molecule has 1 aliphatic heterocycles. The molecule has 1 atom stereocenters. The summed E-state index contributed by atoms with van der Waals surface area (Å²) in [5, 5.41) is 6.59. The van der Waals surface area contributed by atoms with Crippen molar-refractivity contribution in [3.63, 3.8) is 0 Å². The molecule has 0 radical (unpaired) electrons. The lowest BCUT2D eigenvalue weighted by atomic mass is 10.1. The van der Waals surface area contributed by atoms with Crippen LogP contribution in [-0.4, -0.2) is 27.3 Å². The number of halogens is 3. The van der Waals surface area contributed by atoms with Crippen molar-refractivity contribution in [1.29, 1.82) is 0 Å². The maximum Gasteiger partial charge on any atom is 0.284 e. The van der Waals surface area contributed by atoms with Crippen LogP contribution >= 0.6 is 0 Å². The van der Waals surface area contributed by atoms with Gasteiger partial charge in [-0.05, 0) is 56.9 Å². The molecular formula is C22H21F3N4O2. The monoisotopic (exact) mass is 430 g/mol. The van der Waals surface area contributed by atoms with Crippen LogP contribution in [0.25, 0.3) is 17.0 Å². The summed E-state index contributed by atoms with van der Waals surface area (Å²) in [4.78, 5) is 16.2. The SMILES string of the molecule is Cc1ncc(F)c(C)c1NC(=O)/C(F)=C/c1ccc2c(F)nn(C3CCCCO3)c2c1. The smallest absolute Gasteiger partial charge is 0.284 e. The first-order valence-corrected chi connectivity index (χ1v) is 9.94. The normalized spacial score (nSPS) is 17.2. The van der Waals surface area contributed by atoms with E-state index in [1.165, 1.54) is 23.7 Å². The fourth-order valence-corrected chi connectivity index (χ4v) is 3.62. The number of hydrogen-bond acceptors (Lipinski definition) is 4. The number of amides is 1. The molecule has 1 unspecified atom stereocenters. The summed E-state index contributed by atoms with van der Waals surface area (Å²) in [6.07, 6.45) is 4.26. The maximum atomic E-state index is 14.6. The van der Waals surface area contributed by atoms with Crippen LogP contribution in [0.1, 0.15) is 42.3 Å². The van der Waals surface area contributed by atoms with Gasteiger partial charge in [0.2, 0.25) is 5.95 Å². The molecule has 0 aliphatic carbocycles. The van der Waals surface area contributed by atoms with Gasteiger partial charge in [-0.1, -0.05) is 6.07 Å². The Bertz CT molecular complexity index is 1180. The number of nitrogens with zero attached hydrogens (tertiary/aromatic N) is 3. The van der Waals surface area contributed by atoms with E-state index >= 15 is 0 Å². The quantitative estimate of drug-likeness (QED) is 0.593. The summed E-state index contributed by atoms with van der Waals surface area (Å²) in [5.74, 6) is -3.35. The highest BCUT2D eigenvalue weighted by atomic mass is 19.1. The summed E-state index contributed by atoms with van der Waals surface area (Å²) >= 11 is 0. The largest absolute Gasteiger partial charge is 0.356 e. The Balaban J connectivity index is 1.62. The van der Waals surface area contributed by atoms with E-state index in [4.69, 9.17) is 4.74 Å². The summed E-state index contributed by atoms with van der Waals surface area (Å²) in [7, 11) is 0. The summed E-state index contributed by atoms with van der Waals surface area (Å²) in [6.45, 7) is 3.62. The van der Waals surface area contributed by atoms with Gasteiger partial charge in [0.05, 0.1) is 28.5 Å². The molecule has 1 amide bonds. The standard InChI is InChI=1S/C22H21F3N4O2/c1-12-17(24)11-26-13(2)20(12)27-22(30)16(23)9-14-6-7-15-18(10-14)29(28-21(15)25)19-5-3-4-8-31-19/h6-7,9-11,19H,3-5,8H2,1-2H3,(H,27,30)/b16-9-. The lowest BCUT2D eigenvalue weighted by Gasteiger charge is -2.23. The van der Waals surface area contributed by atoms with E-state index in [2.05, 4.69) is 15.4 Å². The molecule has 9 heteroatoms. The van der Waals surface area contributed by atoms with Gasteiger partial charge < -0.3 is 10.1 Å². The van der Waals surface area contributed by atoms with Gasteiger partial charge in [-0.25, -0.2) is 13.5 Å². The predicted molar refractivity (Wildman–Crippen MR) is 110 cm³/mol. The van der Waals surface area contributed by atoms with Crippen molar-refractivity contribution in [3.8, 4) is 0 Å². The van der Waals surface area contributed by atoms with Crippen molar-refractivity contribution in [3.05, 3.63) is 58.8 Å². The third-order valence-corrected chi connectivity index (χ3v) is 5.33. The van der Waals surface area contributed by atoms with Crippen LogP contribution in [0.4, 0.5) is 18.9 Å². The minimum atomic E-state index is -1.08. The maximum absolute atomic E-state index is 14.6. The highest BCUT2D eigenvalue weighted by Crippen LogP contribution is 2.29. The number of nitrogens with one attached hydrogen (secondary N) is 1. The number of fused-ring (bicyclic) bond motifs is 1. The molecule has 4 rings (SSSR count). The molecule has 31 heavy (non-hydrogen) atoms. The number of aryl methyl sites for hydroxylation is 1. The zero-order chi connectivity index (χ0) is 22.1. The molecule has 1 saturated heterocycles. The Morgan fingerprint density at radius 2 is 2.10 bits per heavy atom. The zero-order valence-corrected chi connectivity index (χ0v) is 17.1. The van der Waals surface area contributed by atoms with Crippen LogP contribution in [0.2, 0.25) is 0 Å². The van der Waals surface area contributed by atoms with E-state index in [0.717, 1.165) is 25.1 Å². The van der Waals surface area contributed by atoms with Crippen molar-refractivity contribution < 1.29 is 22.7 Å². The molecule has 6 nitrogen and oxygen atoms in total. The molecule has 1 N–H and O–H groups in total. The third-order valence-electron chi connectivity index (χ3n) is 5.33. The molecule has 3 aromatic rings. The lowest BCUT2D eigenvalue weighted by Crippen LogP contribution is -2.19. The van der Waals surface area contributed by atoms with Crippen LogP contribution in [0.15, 0.2) is 30.2 Å². The average molecular weight is 430 g/mol. The summed E-state index contributed by atoms with van der Waals surface area (Å²) in [5.41, 5.74) is 1.46. The molecule has 162 valence electrons. The molecule has 0 spiro atoms. The van der Waals surface area contributed by atoms with Crippen LogP contribution in [0.3, 0.4) is 0 Å². The second-order valence-electron chi connectivity index (χ2n) is 7.47. The van der Waals surface area contributed by atoms with Gasteiger partial charge in [0.15, 0.2) is 12.1 Å². The first-order valence-electron chi connectivity index (χ1n) is 9.94. The minimum absolute atomic E-state index is 0.124. The number of ether oxygens (including phenoxy) is 1. The van der Waals surface area contributed by atoms with Crippen LogP contribution in [0.5, 0.6) is 0 Å². The number of rotatable bonds is 4. The Hall–Kier alpha value is -3.20. The van der Waals surface area contributed by atoms with E-state index in [0.29, 0.717) is 29.8 Å². The van der Waals surface area contributed by atoms with Crippen molar-refractivity contribution >= 4 is 28.6 Å². The van der Waals surface area contributed by atoms with Gasteiger partial charge in [-0.3, -0.25) is 9.78 Å². The average Bonchev–Trinajstić information content (AvgIpc) is 3.10. The van der Waals surface area contributed by atoms with Crippen LogP contribution < -0.4 is 5.32 Å². The van der Waals surface area contributed by atoms with Gasteiger partial charge >= 0.3 is 0 Å². The highest BCUT2D eigenvalue weighted by Gasteiger charge is 2.21. The Morgan fingerprint density at radius 3 is 2.84 bits per heavy atom. The Labute approximate surface area is 176 Å². The summed E-state index contributed by atoms with van der Waals surface area (Å²) < 4.78 is 49.7. The number of pyridine rings is 1. The number of aromatic nitrogens is 3. The zero-order valence-electron chi connectivity index (χ0n) is 17.1. The van der Waals surface area contributed by atoms with Crippen LogP contribution in [0, 0.1) is 25.6 Å². The van der Waals surface area contributed by atoms with Crippen molar-refractivity contribution in [2.24, 2.45) is 0 Å². The first kappa shape index (κ1) is 21.0. The molecule has 0 saturated carbocycles. The topological polar surface area (TPSA) is 69.0 Å². The molecule has 2 aromatic heterocycles. The fourth-order valence-electron chi connectivity index (χ4n) is 3.62. The van der Waals surface area contributed by atoms with Crippen LogP contribution in [-0.2, 0) is 9.53 Å². The van der Waals surface area contributed by atoms with Gasteiger partial charge in [-0.2, -0.15) is 4.39 Å². The summed E-state index contributed by atoms with van der Waals surface area (Å²) in [6, 6.07) is 4.53. The van der Waals surface area contributed by atoms with E-state index in [1.54, 1.807) is 13.0 Å². The van der Waals surface area contributed by atoms with Gasteiger partial charge in [-0.15, -0.1) is 5.10 Å². The second kappa shape index (κ2) is 8.50. The number of benzene rings is 1. The van der Waals surface area contributed by atoms with Gasteiger partial charge in [0.1, 0.15) is 5.82 Å². The first-order chi connectivity index (χ1) is 14.8. The lowest BCUT2D eigenvalue weighted by molar-refractivity contribution is -0.114. The molecule has 0 bridgehead atoms. The van der Waals surface area contributed by atoms with E-state index in [1.807, 2.05) is 0 Å². The molecular weight excluding hydrogens is 409 g/mol. The van der Waals surface area contributed by atoms with Crippen molar-refractivity contribution in [2.75, 3.05) is 11.9 Å². The minimum Gasteiger partial charge on any atom is -0.356 e. The van der Waals surface area contributed by atoms with Gasteiger partial charge in [0, 0.05) is 12.2 Å². The predicted octanol–water partition coefficient (Wildman–Crippen LogP) is 4.97. The van der Waals surface area contributed by atoms with E-state index in [9.17, 15) is 18.0 Å². The third kappa shape index (κ3) is 4.18. The molecule has 1 fully saturated rings. The van der Waals surface area contributed by atoms with Crippen molar-refractivity contribution in [1.82, 2.24) is 14.8 Å². The van der Waals surface area contributed by atoms with E-state index in [-0.39, 0.29) is 22.9 Å². The number of carbonyl (C=O) groups excluding carboxylic acids is 1. The molecule has 1 aromatic carbocycles. The molecule has 3 heterocycles. The van der Waals surface area contributed by atoms with E-state index < -0.39 is 23.5 Å². The molecule has 1 aliphatic rings. The Morgan fingerprint density at radius 1 is 1.29 bits per heavy atom. The Kier molecular flexibility index (Phi) is 5.77. The highest BCUT2D eigenvalue weighted by molar-refractivity contribution is 6.05. The number of anilines is 1. The van der Waals surface area contributed by atoms with Gasteiger partial charge in [0.25, 0.3) is 5.91 Å². The fraction of sp³-hybridized carbons (Fsp3) is 0.318. The number of carbonyl (C=O) groups is 1. The second-order valence-corrected chi connectivity index (χ2v) is 7.47. The van der Waals surface area contributed by atoms with Crippen molar-refractivity contribution in [2.45, 2.75) is 39.3 Å². The number of hydrogen-bond donors (Lipinski definition) is 1.